The molecular formula is C15H23BrN2O2. The molecule has 0 saturated carbocycles. The third-order valence-electron chi connectivity index (χ3n) is 3.25. The van der Waals surface area contributed by atoms with Gasteiger partial charge in [-0.2, -0.15) is 0 Å². The predicted molar refractivity (Wildman–Crippen MR) is 85.0 cm³/mol. The maximum Gasteiger partial charge on any atom is 0.258 e. The van der Waals surface area contributed by atoms with Crippen LogP contribution < -0.4 is 15.4 Å². The Labute approximate surface area is 129 Å². The van der Waals surface area contributed by atoms with Gasteiger partial charge in [0.1, 0.15) is 5.75 Å². The number of halogens is 1. The summed E-state index contributed by atoms with van der Waals surface area (Å²) in [7, 11) is 1.89. The molecule has 2 unspecified atom stereocenters. The Morgan fingerprint density at radius 3 is 2.70 bits per heavy atom. The van der Waals surface area contributed by atoms with E-state index in [1.54, 1.807) is 0 Å². The molecule has 20 heavy (non-hydrogen) atoms. The largest absolute Gasteiger partial charge is 0.483 e. The molecule has 1 aromatic carbocycles. The molecule has 1 rings (SSSR count). The normalized spacial score (nSPS) is 13.7. The molecule has 0 bridgehead atoms. The molecule has 5 heteroatoms. The zero-order valence-corrected chi connectivity index (χ0v) is 14.1. The zero-order chi connectivity index (χ0) is 15.1. The van der Waals surface area contributed by atoms with E-state index in [-0.39, 0.29) is 24.6 Å². The van der Waals surface area contributed by atoms with Crippen LogP contribution in [0.15, 0.2) is 22.7 Å². The maximum absolute atomic E-state index is 11.7. The lowest BCUT2D eigenvalue weighted by Crippen LogP contribution is -2.35. The number of carbonyl (C=O) groups excluding carboxylic acids is 1. The van der Waals surface area contributed by atoms with Crippen molar-refractivity contribution in [3.8, 4) is 5.75 Å². The van der Waals surface area contributed by atoms with Gasteiger partial charge in [-0.3, -0.25) is 4.79 Å². The second kappa shape index (κ2) is 8.27. The van der Waals surface area contributed by atoms with Crippen LogP contribution in [0, 0.1) is 0 Å². The van der Waals surface area contributed by atoms with Gasteiger partial charge in [0, 0.05) is 22.1 Å². The lowest BCUT2D eigenvalue weighted by Gasteiger charge is -2.17. The molecule has 0 radical (unpaired) electrons. The standard InChI is InChI=1S/C15H23BrN2O2/c1-5-10(2)18-15(19)9-20-14-7-6-12(16)8-13(14)11(3)17-4/h6-8,10-11,17H,5,9H2,1-4H3,(H,18,19). The van der Waals surface area contributed by atoms with Crippen LogP contribution in [0.1, 0.15) is 38.8 Å². The average molecular weight is 343 g/mol. The minimum Gasteiger partial charge on any atom is -0.483 e. The van der Waals surface area contributed by atoms with Crippen molar-refractivity contribution in [2.45, 2.75) is 39.3 Å². The van der Waals surface area contributed by atoms with E-state index in [0.717, 1.165) is 22.2 Å². The van der Waals surface area contributed by atoms with Crippen molar-refractivity contribution in [3.63, 3.8) is 0 Å². The van der Waals surface area contributed by atoms with E-state index in [0.29, 0.717) is 0 Å². The van der Waals surface area contributed by atoms with E-state index in [4.69, 9.17) is 4.74 Å². The fraction of sp³-hybridized carbons (Fsp3) is 0.533. The van der Waals surface area contributed by atoms with Crippen molar-refractivity contribution in [2.24, 2.45) is 0 Å². The first-order chi connectivity index (χ1) is 9.47. The Hall–Kier alpha value is -1.07. The number of amides is 1. The molecule has 4 nitrogen and oxygen atoms in total. The number of carbonyl (C=O) groups is 1. The highest BCUT2D eigenvalue weighted by molar-refractivity contribution is 9.10. The average Bonchev–Trinajstić information content (AvgIpc) is 2.44. The summed E-state index contributed by atoms with van der Waals surface area (Å²) >= 11 is 3.45. The summed E-state index contributed by atoms with van der Waals surface area (Å²) in [5.41, 5.74) is 1.03. The number of ether oxygens (including phenoxy) is 1. The number of rotatable bonds is 7. The van der Waals surface area contributed by atoms with Crippen LogP contribution >= 0.6 is 15.9 Å². The summed E-state index contributed by atoms with van der Waals surface area (Å²) in [5, 5.41) is 6.06. The van der Waals surface area contributed by atoms with Gasteiger partial charge >= 0.3 is 0 Å². The molecule has 0 saturated heterocycles. The van der Waals surface area contributed by atoms with Crippen LogP contribution in [0.2, 0.25) is 0 Å². The Kier molecular flexibility index (Phi) is 7.02. The topological polar surface area (TPSA) is 50.4 Å². The van der Waals surface area contributed by atoms with E-state index in [2.05, 4.69) is 26.6 Å². The second-order valence-electron chi connectivity index (χ2n) is 4.86. The van der Waals surface area contributed by atoms with E-state index >= 15 is 0 Å². The van der Waals surface area contributed by atoms with Gasteiger partial charge in [0.15, 0.2) is 6.61 Å². The Morgan fingerprint density at radius 1 is 1.40 bits per heavy atom. The molecule has 112 valence electrons. The van der Waals surface area contributed by atoms with Crippen molar-refractivity contribution in [2.75, 3.05) is 13.7 Å². The minimum absolute atomic E-state index is 0.0371. The van der Waals surface area contributed by atoms with Gasteiger partial charge in [-0.25, -0.2) is 0 Å². The van der Waals surface area contributed by atoms with Crippen molar-refractivity contribution >= 4 is 21.8 Å². The third kappa shape index (κ3) is 5.13. The van der Waals surface area contributed by atoms with Crippen molar-refractivity contribution in [1.82, 2.24) is 10.6 Å². The Balaban J connectivity index is 2.70. The zero-order valence-electron chi connectivity index (χ0n) is 12.5. The summed E-state index contributed by atoms with van der Waals surface area (Å²) < 4.78 is 6.64. The number of hydrogen-bond donors (Lipinski definition) is 2. The Morgan fingerprint density at radius 2 is 2.10 bits per heavy atom. The fourth-order valence-corrected chi connectivity index (χ4v) is 2.09. The number of nitrogens with one attached hydrogen (secondary N) is 2. The van der Waals surface area contributed by atoms with Crippen LogP contribution in [0.3, 0.4) is 0 Å². The van der Waals surface area contributed by atoms with Crippen LogP contribution in [-0.2, 0) is 4.79 Å². The van der Waals surface area contributed by atoms with Gasteiger partial charge in [0.25, 0.3) is 5.91 Å². The molecule has 2 atom stereocenters. The Bertz CT molecular complexity index is 451. The lowest BCUT2D eigenvalue weighted by atomic mass is 10.1. The first-order valence-electron chi connectivity index (χ1n) is 6.86. The monoisotopic (exact) mass is 342 g/mol. The van der Waals surface area contributed by atoms with Crippen molar-refractivity contribution in [3.05, 3.63) is 28.2 Å². The SMILES string of the molecule is CCC(C)NC(=O)COc1ccc(Br)cc1C(C)NC. The number of hydrogen-bond acceptors (Lipinski definition) is 3. The van der Waals surface area contributed by atoms with Gasteiger partial charge in [-0.1, -0.05) is 22.9 Å². The van der Waals surface area contributed by atoms with Gasteiger partial charge in [-0.05, 0) is 45.5 Å². The van der Waals surface area contributed by atoms with Crippen molar-refractivity contribution < 1.29 is 9.53 Å². The lowest BCUT2D eigenvalue weighted by molar-refractivity contribution is -0.123. The van der Waals surface area contributed by atoms with Crippen LogP contribution in [0.4, 0.5) is 0 Å². The number of benzene rings is 1. The highest BCUT2D eigenvalue weighted by Crippen LogP contribution is 2.28. The molecular weight excluding hydrogens is 320 g/mol. The first-order valence-corrected chi connectivity index (χ1v) is 7.66. The molecule has 0 fully saturated rings. The smallest absolute Gasteiger partial charge is 0.258 e. The molecule has 0 aromatic heterocycles. The predicted octanol–water partition coefficient (Wildman–Crippen LogP) is 3.02. The van der Waals surface area contributed by atoms with Gasteiger partial charge < -0.3 is 15.4 Å². The summed E-state index contributed by atoms with van der Waals surface area (Å²) in [6.45, 7) is 6.10. The maximum atomic E-state index is 11.7. The minimum atomic E-state index is -0.0923. The van der Waals surface area contributed by atoms with Crippen LogP contribution in [0.5, 0.6) is 5.75 Å². The molecule has 1 amide bonds. The summed E-state index contributed by atoms with van der Waals surface area (Å²) in [5.74, 6) is 0.639. The van der Waals surface area contributed by atoms with E-state index < -0.39 is 0 Å². The third-order valence-corrected chi connectivity index (χ3v) is 3.74. The second-order valence-corrected chi connectivity index (χ2v) is 5.77. The van der Waals surface area contributed by atoms with Gasteiger partial charge in [-0.15, -0.1) is 0 Å². The van der Waals surface area contributed by atoms with E-state index in [1.807, 2.05) is 46.0 Å². The molecule has 1 aromatic rings. The summed E-state index contributed by atoms with van der Waals surface area (Å²) in [4.78, 5) is 11.7. The van der Waals surface area contributed by atoms with Crippen molar-refractivity contribution in [1.29, 1.82) is 0 Å². The molecule has 2 N–H and O–H groups in total. The molecule has 0 aliphatic carbocycles. The van der Waals surface area contributed by atoms with Gasteiger partial charge in [0.05, 0.1) is 0 Å². The summed E-state index contributed by atoms with van der Waals surface area (Å²) in [6.07, 6.45) is 0.909. The quantitative estimate of drug-likeness (QED) is 0.800. The highest BCUT2D eigenvalue weighted by atomic mass is 79.9. The molecule has 0 spiro atoms. The highest BCUT2D eigenvalue weighted by Gasteiger charge is 2.13. The summed E-state index contributed by atoms with van der Waals surface area (Å²) in [6, 6.07) is 6.12. The first kappa shape index (κ1) is 17.0. The van der Waals surface area contributed by atoms with E-state index in [1.165, 1.54) is 0 Å². The molecule has 0 aliphatic heterocycles. The van der Waals surface area contributed by atoms with Crippen LogP contribution in [-0.4, -0.2) is 25.6 Å². The van der Waals surface area contributed by atoms with E-state index in [9.17, 15) is 4.79 Å². The molecule has 0 heterocycles. The van der Waals surface area contributed by atoms with Crippen LogP contribution in [0.25, 0.3) is 0 Å². The molecule has 0 aliphatic rings. The fourth-order valence-electron chi connectivity index (χ4n) is 1.71. The van der Waals surface area contributed by atoms with Gasteiger partial charge in [0.2, 0.25) is 0 Å².